The zero-order valence-corrected chi connectivity index (χ0v) is 13.0. The summed E-state index contributed by atoms with van der Waals surface area (Å²) < 4.78 is 0.795. The predicted octanol–water partition coefficient (Wildman–Crippen LogP) is 2.79. The van der Waals surface area contributed by atoms with Gasteiger partial charge in [0, 0.05) is 5.69 Å². The number of aromatic hydroxyl groups is 1. The van der Waals surface area contributed by atoms with Crippen LogP contribution in [-0.4, -0.2) is 26.0 Å². The van der Waals surface area contributed by atoms with E-state index in [4.69, 9.17) is 5.73 Å². The second kappa shape index (κ2) is 5.43. The third-order valence-electron chi connectivity index (χ3n) is 3.50. The van der Waals surface area contributed by atoms with E-state index < -0.39 is 5.91 Å². The molecule has 4 N–H and O–H groups in total. The summed E-state index contributed by atoms with van der Waals surface area (Å²) in [6, 6.07) is 10.3. The molecule has 24 heavy (non-hydrogen) atoms. The highest BCUT2D eigenvalue weighted by atomic mass is 32.1. The molecule has 4 rings (SSSR count). The Morgan fingerprint density at radius 2 is 1.83 bits per heavy atom. The van der Waals surface area contributed by atoms with E-state index in [2.05, 4.69) is 20.3 Å². The smallest absolute Gasteiger partial charge is 0.277 e. The molecule has 0 radical (unpaired) electrons. The molecule has 0 aliphatic carbocycles. The van der Waals surface area contributed by atoms with Gasteiger partial charge in [-0.3, -0.25) is 4.79 Å². The number of carbonyl (C=O) groups is 1. The second-order valence-electron chi connectivity index (χ2n) is 5.09. The molecule has 8 heteroatoms. The number of fused-ring (bicyclic) bond motifs is 3. The summed E-state index contributed by atoms with van der Waals surface area (Å²) in [6.45, 7) is 0. The Hall–Kier alpha value is -3.26. The van der Waals surface area contributed by atoms with E-state index in [0.29, 0.717) is 11.3 Å². The molecule has 0 fully saturated rings. The van der Waals surface area contributed by atoms with Crippen molar-refractivity contribution >= 4 is 49.9 Å². The Morgan fingerprint density at radius 1 is 1.08 bits per heavy atom. The maximum atomic E-state index is 11.4. The van der Waals surface area contributed by atoms with Crippen LogP contribution in [0.5, 0.6) is 5.75 Å². The van der Waals surface area contributed by atoms with Crippen LogP contribution in [0.1, 0.15) is 9.80 Å². The van der Waals surface area contributed by atoms with Gasteiger partial charge in [0.2, 0.25) is 0 Å². The lowest BCUT2D eigenvalue weighted by molar-refractivity contribution is 0.1000. The van der Waals surface area contributed by atoms with E-state index in [1.165, 1.54) is 17.7 Å². The van der Waals surface area contributed by atoms with Crippen molar-refractivity contribution in [3.05, 3.63) is 47.7 Å². The number of primary amides is 1. The van der Waals surface area contributed by atoms with Crippen LogP contribution in [0.3, 0.4) is 0 Å². The first-order valence-corrected chi connectivity index (χ1v) is 7.83. The van der Waals surface area contributed by atoms with Gasteiger partial charge in [0.1, 0.15) is 17.9 Å². The van der Waals surface area contributed by atoms with Gasteiger partial charge in [0.05, 0.1) is 21.1 Å². The van der Waals surface area contributed by atoms with Crippen molar-refractivity contribution in [1.82, 2.24) is 15.0 Å². The van der Waals surface area contributed by atoms with Gasteiger partial charge in [-0.05, 0) is 36.4 Å². The fraction of sp³-hybridized carbons (Fsp3) is 0. The number of carbonyl (C=O) groups excluding carboxylic acids is 1. The van der Waals surface area contributed by atoms with Gasteiger partial charge in [0.15, 0.2) is 5.01 Å². The third-order valence-corrected chi connectivity index (χ3v) is 4.60. The summed E-state index contributed by atoms with van der Waals surface area (Å²) in [5, 5.41) is 13.6. The van der Waals surface area contributed by atoms with Crippen LogP contribution in [0.2, 0.25) is 0 Å². The minimum absolute atomic E-state index is 0.184. The van der Waals surface area contributed by atoms with Crippen molar-refractivity contribution in [3.63, 3.8) is 0 Å². The van der Waals surface area contributed by atoms with Crippen LogP contribution >= 0.6 is 11.3 Å². The number of hydrogen-bond donors (Lipinski definition) is 3. The fourth-order valence-corrected chi connectivity index (χ4v) is 3.37. The molecule has 2 aromatic heterocycles. The summed E-state index contributed by atoms with van der Waals surface area (Å²) in [7, 11) is 0. The van der Waals surface area contributed by atoms with Crippen molar-refractivity contribution in [3.8, 4) is 5.75 Å². The number of nitrogens with two attached hydrogens (primary N) is 1. The average Bonchev–Trinajstić information content (AvgIpc) is 3.02. The van der Waals surface area contributed by atoms with Crippen LogP contribution in [0.4, 0.5) is 11.5 Å². The number of nitrogens with zero attached hydrogens (tertiary/aromatic N) is 3. The predicted molar refractivity (Wildman–Crippen MR) is 92.6 cm³/mol. The molecule has 0 atom stereocenters. The number of aromatic nitrogens is 3. The topological polar surface area (TPSA) is 114 Å². The molecular formula is C16H11N5O2S. The quantitative estimate of drug-likeness (QED) is 0.495. The van der Waals surface area contributed by atoms with Crippen molar-refractivity contribution in [2.24, 2.45) is 5.73 Å². The number of phenolic OH excluding ortho intramolecular Hbond substituents is 1. The Labute approximate surface area is 139 Å². The molecule has 1 amide bonds. The van der Waals surface area contributed by atoms with Gasteiger partial charge < -0.3 is 16.2 Å². The number of nitrogens with one attached hydrogen (secondary N) is 1. The Bertz CT molecular complexity index is 1080. The molecule has 0 aliphatic heterocycles. The maximum Gasteiger partial charge on any atom is 0.277 e. The van der Waals surface area contributed by atoms with Gasteiger partial charge in [0.25, 0.3) is 5.91 Å². The van der Waals surface area contributed by atoms with Gasteiger partial charge in [-0.15, -0.1) is 11.3 Å². The van der Waals surface area contributed by atoms with Gasteiger partial charge in [-0.25, -0.2) is 15.0 Å². The van der Waals surface area contributed by atoms with Gasteiger partial charge in [-0.2, -0.15) is 0 Å². The average molecular weight is 337 g/mol. The van der Waals surface area contributed by atoms with Crippen LogP contribution in [0.25, 0.3) is 21.1 Å². The minimum atomic E-state index is -0.561. The molecule has 0 saturated heterocycles. The molecule has 4 aromatic rings. The molecule has 0 saturated carbocycles. The highest BCUT2D eigenvalue weighted by molar-refractivity contribution is 7.21. The monoisotopic (exact) mass is 337 g/mol. The number of amides is 1. The third kappa shape index (κ3) is 2.38. The largest absolute Gasteiger partial charge is 0.508 e. The second-order valence-corrected chi connectivity index (χ2v) is 6.08. The van der Waals surface area contributed by atoms with Crippen molar-refractivity contribution in [2.75, 3.05) is 5.32 Å². The Balaban J connectivity index is 1.92. The highest BCUT2D eigenvalue weighted by Gasteiger charge is 2.15. The lowest BCUT2D eigenvalue weighted by Crippen LogP contribution is -2.09. The number of anilines is 2. The van der Waals surface area contributed by atoms with E-state index >= 15 is 0 Å². The van der Waals surface area contributed by atoms with Crippen LogP contribution in [0.15, 0.2) is 42.7 Å². The molecule has 0 unspecified atom stereocenters. The first-order chi connectivity index (χ1) is 11.6. The first kappa shape index (κ1) is 14.3. The minimum Gasteiger partial charge on any atom is -0.508 e. The molecule has 2 aromatic carbocycles. The van der Waals surface area contributed by atoms with Crippen LogP contribution in [0, 0.1) is 0 Å². The zero-order valence-electron chi connectivity index (χ0n) is 12.2. The Morgan fingerprint density at radius 3 is 2.58 bits per heavy atom. The fourth-order valence-electron chi connectivity index (χ4n) is 2.41. The van der Waals surface area contributed by atoms with E-state index in [9.17, 15) is 9.90 Å². The maximum absolute atomic E-state index is 11.4. The van der Waals surface area contributed by atoms with E-state index in [1.807, 2.05) is 6.07 Å². The highest BCUT2D eigenvalue weighted by Crippen LogP contribution is 2.34. The molecule has 0 spiro atoms. The standard InChI is InChI=1S/C16H11N5O2S/c17-14(23)16-21-11-6-5-10-12(13(11)24-16)15(19-7-18-10)20-8-1-3-9(22)4-2-8/h1-7,22H,(H2,17,23)(H,18,19,20). The summed E-state index contributed by atoms with van der Waals surface area (Å²) in [5.74, 6) is 0.217. The lowest BCUT2D eigenvalue weighted by atomic mass is 10.2. The normalized spacial score (nSPS) is 11.0. The zero-order chi connectivity index (χ0) is 16.7. The van der Waals surface area contributed by atoms with Crippen molar-refractivity contribution in [2.45, 2.75) is 0 Å². The van der Waals surface area contributed by atoms with Crippen LogP contribution in [-0.2, 0) is 0 Å². The van der Waals surface area contributed by atoms with E-state index in [1.54, 1.807) is 30.3 Å². The molecule has 0 bridgehead atoms. The molecule has 2 heterocycles. The SMILES string of the molecule is NC(=O)c1nc2ccc3ncnc(Nc4ccc(O)cc4)c3c2s1. The summed E-state index contributed by atoms with van der Waals surface area (Å²) >= 11 is 1.22. The van der Waals surface area contributed by atoms with Crippen molar-refractivity contribution < 1.29 is 9.90 Å². The summed E-state index contributed by atoms with van der Waals surface area (Å²) in [5.41, 5.74) is 7.51. The van der Waals surface area contributed by atoms with E-state index in [0.717, 1.165) is 21.3 Å². The number of benzene rings is 2. The lowest BCUT2D eigenvalue weighted by Gasteiger charge is -2.08. The van der Waals surface area contributed by atoms with E-state index in [-0.39, 0.29) is 10.8 Å². The summed E-state index contributed by atoms with van der Waals surface area (Å²) in [4.78, 5) is 24.2. The van der Waals surface area contributed by atoms with Crippen LogP contribution < -0.4 is 11.1 Å². The molecule has 7 nitrogen and oxygen atoms in total. The van der Waals surface area contributed by atoms with Gasteiger partial charge >= 0.3 is 0 Å². The number of rotatable bonds is 3. The van der Waals surface area contributed by atoms with Crippen molar-refractivity contribution in [1.29, 1.82) is 0 Å². The number of thiazole rings is 1. The van der Waals surface area contributed by atoms with Gasteiger partial charge in [-0.1, -0.05) is 0 Å². The molecule has 0 aliphatic rings. The molecular weight excluding hydrogens is 326 g/mol. The molecule has 118 valence electrons. The number of phenols is 1. The summed E-state index contributed by atoms with van der Waals surface area (Å²) in [6.07, 6.45) is 1.47. The Kier molecular flexibility index (Phi) is 3.24. The number of hydrogen-bond acceptors (Lipinski definition) is 7. The first-order valence-electron chi connectivity index (χ1n) is 7.02.